The number of carbonyl (C=O) groups excluding carboxylic acids is 2. The Labute approximate surface area is 141 Å². The fraction of sp³-hybridized carbons (Fsp3) is 0.353. The van der Waals surface area contributed by atoms with E-state index in [2.05, 4.69) is 15.7 Å². The molecule has 2 aromatic rings. The molecule has 24 heavy (non-hydrogen) atoms. The highest BCUT2D eigenvalue weighted by Gasteiger charge is 2.27. The van der Waals surface area contributed by atoms with E-state index < -0.39 is 6.04 Å². The van der Waals surface area contributed by atoms with E-state index in [4.69, 9.17) is 5.73 Å². The van der Waals surface area contributed by atoms with Crippen LogP contribution in [-0.2, 0) is 9.59 Å². The van der Waals surface area contributed by atoms with Crippen molar-refractivity contribution in [2.24, 2.45) is 11.1 Å². The first-order valence-electron chi connectivity index (χ1n) is 7.70. The first kappa shape index (κ1) is 17.7. The van der Waals surface area contributed by atoms with E-state index in [1.165, 1.54) is 0 Å². The molecule has 1 aromatic carbocycles. The molecule has 7 heteroatoms. The molecule has 0 bridgehead atoms. The van der Waals surface area contributed by atoms with Gasteiger partial charge in [0.25, 0.3) is 0 Å². The van der Waals surface area contributed by atoms with Gasteiger partial charge in [0.15, 0.2) is 0 Å². The summed E-state index contributed by atoms with van der Waals surface area (Å²) in [5.41, 5.74) is 7.02. The molecule has 0 unspecified atom stereocenters. The normalized spacial score (nSPS) is 12.5. The number of amides is 2. The van der Waals surface area contributed by atoms with Crippen LogP contribution in [0.4, 0.5) is 5.69 Å². The maximum absolute atomic E-state index is 11.9. The molecule has 2 amide bonds. The van der Waals surface area contributed by atoms with Crippen LogP contribution in [0.25, 0.3) is 5.69 Å². The minimum atomic E-state index is -0.668. The van der Waals surface area contributed by atoms with Crippen molar-refractivity contribution in [2.45, 2.75) is 26.8 Å². The number of rotatable bonds is 5. The second-order valence-corrected chi connectivity index (χ2v) is 6.61. The predicted octanol–water partition coefficient (Wildman–Crippen LogP) is 1.30. The van der Waals surface area contributed by atoms with Gasteiger partial charge in [-0.2, -0.15) is 5.10 Å². The standard InChI is InChI=1S/C17H23N5O2/c1-17(2,3)15(18)16(24)19-11-14(23)21-12-5-7-13(8-6-12)22-10-4-9-20-22/h4-10,15H,11,18H2,1-3H3,(H,19,24)(H,21,23)/t15-/m1/s1. The van der Waals surface area contributed by atoms with Gasteiger partial charge in [0.05, 0.1) is 18.3 Å². The Kier molecular flexibility index (Phi) is 5.35. The van der Waals surface area contributed by atoms with Gasteiger partial charge in [-0.3, -0.25) is 9.59 Å². The third-order valence-corrected chi connectivity index (χ3v) is 3.56. The number of carbonyl (C=O) groups is 2. The van der Waals surface area contributed by atoms with Crippen molar-refractivity contribution < 1.29 is 9.59 Å². The summed E-state index contributed by atoms with van der Waals surface area (Å²) in [4.78, 5) is 23.8. The lowest BCUT2D eigenvalue weighted by Gasteiger charge is -2.25. The number of nitrogens with one attached hydrogen (secondary N) is 2. The van der Waals surface area contributed by atoms with Crippen molar-refractivity contribution in [3.8, 4) is 5.69 Å². The van der Waals surface area contributed by atoms with Crippen LogP contribution in [-0.4, -0.2) is 34.2 Å². The number of nitrogens with two attached hydrogens (primary N) is 1. The zero-order valence-electron chi connectivity index (χ0n) is 14.1. The molecule has 0 spiro atoms. The van der Waals surface area contributed by atoms with Crippen molar-refractivity contribution in [1.82, 2.24) is 15.1 Å². The van der Waals surface area contributed by atoms with Crippen LogP contribution >= 0.6 is 0 Å². The van der Waals surface area contributed by atoms with Crippen molar-refractivity contribution in [1.29, 1.82) is 0 Å². The molecule has 7 nitrogen and oxygen atoms in total. The van der Waals surface area contributed by atoms with Crippen molar-refractivity contribution in [3.05, 3.63) is 42.7 Å². The SMILES string of the molecule is CC(C)(C)[C@H](N)C(=O)NCC(=O)Nc1ccc(-n2cccn2)cc1. The van der Waals surface area contributed by atoms with E-state index in [1.54, 1.807) is 23.0 Å². The number of aromatic nitrogens is 2. The fourth-order valence-electron chi connectivity index (χ4n) is 1.99. The van der Waals surface area contributed by atoms with Crippen molar-refractivity contribution in [2.75, 3.05) is 11.9 Å². The van der Waals surface area contributed by atoms with E-state index in [0.29, 0.717) is 5.69 Å². The van der Waals surface area contributed by atoms with Gasteiger partial charge >= 0.3 is 0 Å². The van der Waals surface area contributed by atoms with E-state index in [0.717, 1.165) is 5.69 Å². The molecule has 128 valence electrons. The lowest BCUT2D eigenvalue weighted by molar-refractivity contribution is -0.126. The average Bonchev–Trinajstić information content (AvgIpc) is 3.06. The number of benzene rings is 1. The minimum Gasteiger partial charge on any atom is -0.346 e. The van der Waals surface area contributed by atoms with Crippen LogP contribution in [0.3, 0.4) is 0 Å². The highest BCUT2D eigenvalue weighted by molar-refractivity contribution is 5.95. The summed E-state index contributed by atoms with van der Waals surface area (Å²) in [5, 5.41) is 9.41. The Hall–Kier alpha value is -2.67. The molecule has 1 heterocycles. The molecule has 0 aliphatic carbocycles. The topological polar surface area (TPSA) is 102 Å². The molecule has 0 fully saturated rings. The summed E-state index contributed by atoms with van der Waals surface area (Å²) in [6, 6.07) is 8.40. The van der Waals surface area contributed by atoms with Crippen LogP contribution in [0.1, 0.15) is 20.8 Å². The predicted molar refractivity (Wildman–Crippen MR) is 92.6 cm³/mol. The summed E-state index contributed by atoms with van der Waals surface area (Å²) in [6.45, 7) is 5.50. The van der Waals surface area contributed by atoms with E-state index in [1.807, 2.05) is 45.2 Å². The smallest absolute Gasteiger partial charge is 0.243 e. The lowest BCUT2D eigenvalue weighted by Crippen LogP contribution is -2.50. The van der Waals surface area contributed by atoms with Crippen molar-refractivity contribution >= 4 is 17.5 Å². The first-order chi connectivity index (χ1) is 11.3. The minimum absolute atomic E-state index is 0.122. The molecule has 2 rings (SSSR count). The monoisotopic (exact) mass is 329 g/mol. The first-order valence-corrected chi connectivity index (χ1v) is 7.70. The van der Waals surface area contributed by atoms with Crippen molar-refractivity contribution in [3.63, 3.8) is 0 Å². The van der Waals surface area contributed by atoms with Gasteiger partial charge in [0, 0.05) is 18.1 Å². The molecular weight excluding hydrogens is 306 g/mol. The van der Waals surface area contributed by atoms with Gasteiger partial charge in [-0.1, -0.05) is 20.8 Å². The zero-order chi connectivity index (χ0) is 17.7. The van der Waals surface area contributed by atoms with Crippen LogP contribution in [0.15, 0.2) is 42.7 Å². The van der Waals surface area contributed by atoms with Crippen LogP contribution in [0, 0.1) is 5.41 Å². The largest absolute Gasteiger partial charge is 0.346 e. The number of anilines is 1. The molecule has 0 radical (unpaired) electrons. The van der Waals surface area contributed by atoms with Crippen LogP contribution in [0.5, 0.6) is 0 Å². The molecule has 0 aliphatic heterocycles. The molecule has 0 saturated heterocycles. The molecule has 1 aromatic heterocycles. The maximum atomic E-state index is 11.9. The molecular formula is C17H23N5O2. The second kappa shape index (κ2) is 7.27. The number of hydrogen-bond donors (Lipinski definition) is 3. The fourth-order valence-corrected chi connectivity index (χ4v) is 1.99. The van der Waals surface area contributed by atoms with Gasteiger partial charge < -0.3 is 16.4 Å². The summed E-state index contributed by atoms with van der Waals surface area (Å²) in [6.07, 6.45) is 3.53. The average molecular weight is 329 g/mol. The van der Waals surface area contributed by atoms with Gasteiger partial charge in [-0.25, -0.2) is 4.68 Å². The Morgan fingerprint density at radius 1 is 1.25 bits per heavy atom. The number of hydrogen-bond acceptors (Lipinski definition) is 4. The Balaban J connectivity index is 1.85. The Morgan fingerprint density at radius 2 is 1.92 bits per heavy atom. The lowest BCUT2D eigenvalue weighted by atomic mass is 9.87. The van der Waals surface area contributed by atoms with Gasteiger partial charge in [-0.05, 0) is 35.7 Å². The van der Waals surface area contributed by atoms with Gasteiger partial charge in [-0.15, -0.1) is 0 Å². The summed E-state index contributed by atoms with van der Waals surface area (Å²) in [5.74, 6) is -0.650. The zero-order valence-corrected chi connectivity index (χ0v) is 14.1. The summed E-state index contributed by atoms with van der Waals surface area (Å²) in [7, 11) is 0. The van der Waals surface area contributed by atoms with Crippen LogP contribution < -0.4 is 16.4 Å². The molecule has 0 saturated carbocycles. The Bertz CT molecular complexity index is 687. The van der Waals surface area contributed by atoms with Gasteiger partial charge in [0.2, 0.25) is 11.8 Å². The Morgan fingerprint density at radius 3 is 2.46 bits per heavy atom. The third-order valence-electron chi connectivity index (χ3n) is 3.56. The summed E-state index contributed by atoms with van der Waals surface area (Å²) >= 11 is 0. The van der Waals surface area contributed by atoms with E-state index in [-0.39, 0.29) is 23.8 Å². The second-order valence-electron chi connectivity index (χ2n) is 6.61. The highest BCUT2D eigenvalue weighted by Crippen LogP contribution is 2.17. The van der Waals surface area contributed by atoms with Gasteiger partial charge in [0.1, 0.15) is 0 Å². The summed E-state index contributed by atoms with van der Waals surface area (Å²) < 4.78 is 1.72. The molecule has 0 aliphatic rings. The van der Waals surface area contributed by atoms with Crippen LogP contribution in [0.2, 0.25) is 0 Å². The van der Waals surface area contributed by atoms with E-state index in [9.17, 15) is 9.59 Å². The van der Waals surface area contributed by atoms with E-state index >= 15 is 0 Å². The third kappa shape index (κ3) is 4.66. The molecule has 4 N–H and O–H groups in total. The number of nitrogens with zero attached hydrogens (tertiary/aromatic N) is 2. The quantitative estimate of drug-likeness (QED) is 0.769. The maximum Gasteiger partial charge on any atom is 0.243 e. The molecule has 1 atom stereocenters. The highest BCUT2D eigenvalue weighted by atomic mass is 16.2.